The molecule has 1 aliphatic heterocycles. The molecule has 2 rings (SSSR count). The van der Waals surface area contributed by atoms with Gasteiger partial charge in [0.15, 0.2) is 0 Å². The molecule has 1 heterocycles. The summed E-state index contributed by atoms with van der Waals surface area (Å²) in [5.41, 5.74) is 0.992. The van der Waals surface area contributed by atoms with Crippen LogP contribution in [0.5, 0.6) is 5.75 Å². The second-order valence-electron chi connectivity index (χ2n) is 6.09. The number of hydrogen-bond donors (Lipinski definition) is 0. The van der Waals surface area contributed by atoms with Gasteiger partial charge in [-0.2, -0.15) is 0 Å². The van der Waals surface area contributed by atoms with Crippen LogP contribution in [0.15, 0.2) is 18.2 Å². The molecule has 23 heavy (non-hydrogen) atoms. The molecule has 0 saturated carbocycles. The summed E-state index contributed by atoms with van der Waals surface area (Å²) in [5, 5.41) is 0.904. The first-order valence-electron chi connectivity index (χ1n) is 8.06. The lowest BCUT2D eigenvalue weighted by Crippen LogP contribution is -2.55. The average molecular weight is 340 g/mol. The third kappa shape index (κ3) is 3.46. The van der Waals surface area contributed by atoms with Gasteiger partial charge in [0, 0.05) is 44.9 Å². The lowest BCUT2D eigenvalue weighted by atomic mass is 9.96. The standard InChI is InChI=1S/C17H28O5Si/c1-7-8-13(2)17(3)21-12-14-11-15(9-10-16(14)22-17)23(18-4,19-5)20-6/h9-11,13H,7-8,12H2,1-6H3. The Morgan fingerprint density at radius 3 is 2.43 bits per heavy atom. The second kappa shape index (κ2) is 7.32. The van der Waals surface area contributed by atoms with Gasteiger partial charge in [-0.3, -0.25) is 0 Å². The number of benzene rings is 1. The van der Waals surface area contributed by atoms with Crippen LogP contribution >= 0.6 is 0 Å². The first-order valence-corrected chi connectivity index (χ1v) is 9.79. The molecule has 0 radical (unpaired) electrons. The van der Waals surface area contributed by atoms with E-state index in [4.69, 9.17) is 22.8 Å². The Morgan fingerprint density at radius 1 is 1.22 bits per heavy atom. The minimum Gasteiger partial charge on any atom is -0.462 e. The molecule has 2 atom stereocenters. The molecule has 1 aromatic rings. The Labute approximate surface area is 140 Å². The van der Waals surface area contributed by atoms with Gasteiger partial charge in [-0.15, -0.1) is 0 Å². The second-order valence-corrected chi connectivity index (χ2v) is 9.00. The van der Waals surface area contributed by atoms with Crippen molar-refractivity contribution < 1.29 is 22.8 Å². The molecule has 0 spiro atoms. The van der Waals surface area contributed by atoms with Crippen molar-refractivity contribution in [1.29, 1.82) is 0 Å². The summed E-state index contributed by atoms with van der Waals surface area (Å²) in [6.07, 6.45) is 2.18. The maximum Gasteiger partial charge on any atom is 0.536 e. The molecule has 0 fully saturated rings. The maximum atomic E-state index is 6.17. The van der Waals surface area contributed by atoms with E-state index in [0.29, 0.717) is 12.5 Å². The van der Waals surface area contributed by atoms with Crippen molar-refractivity contribution >= 4 is 14.0 Å². The minimum absolute atomic E-state index is 0.325. The molecule has 2 unspecified atom stereocenters. The zero-order valence-corrected chi connectivity index (χ0v) is 16.0. The van der Waals surface area contributed by atoms with E-state index in [1.807, 2.05) is 25.1 Å². The van der Waals surface area contributed by atoms with Gasteiger partial charge in [0.2, 0.25) is 5.79 Å². The fourth-order valence-electron chi connectivity index (χ4n) is 2.99. The van der Waals surface area contributed by atoms with Crippen molar-refractivity contribution in [2.45, 2.75) is 46.0 Å². The topological polar surface area (TPSA) is 46.2 Å². The SMILES string of the molecule is CCCC(C)C1(C)OCc2cc([Si](OC)(OC)OC)ccc2O1. The molecule has 5 nitrogen and oxygen atoms in total. The minimum atomic E-state index is -2.83. The van der Waals surface area contributed by atoms with E-state index in [1.54, 1.807) is 21.3 Å². The lowest BCUT2D eigenvalue weighted by Gasteiger charge is -2.40. The largest absolute Gasteiger partial charge is 0.536 e. The van der Waals surface area contributed by atoms with Gasteiger partial charge in [0.05, 0.1) is 6.61 Å². The first kappa shape index (κ1) is 18.4. The van der Waals surface area contributed by atoms with Gasteiger partial charge in [0.1, 0.15) is 5.75 Å². The van der Waals surface area contributed by atoms with Crippen molar-refractivity contribution in [1.82, 2.24) is 0 Å². The van der Waals surface area contributed by atoms with Crippen molar-refractivity contribution in [2.75, 3.05) is 21.3 Å². The van der Waals surface area contributed by atoms with Crippen LogP contribution in [0.25, 0.3) is 0 Å². The van der Waals surface area contributed by atoms with Crippen LogP contribution < -0.4 is 9.92 Å². The number of fused-ring (bicyclic) bond motifs is 1. The highest BCUT2D eigenvalue weighted by molar-refractivity contribution is 6.75. The van der Waals surface area contributed by atoms with Gasteiger partial charge in [-0.25, -0.2) is 0 Å². The molecular weight excluding hydrogens is 312 g/mol. The molecule has 0 bridgehead atoms. The summed E-state index contributed by atoms with van der Waals surface area (Å²) >= 11 is 0. The van der Waals surface area contributed by atoms with Gasteiger partial charge >= 0.3 is 8.80 Å². The quantitative estimate of drug-likeness (QED) is 0.714. The molecule has 0 aliphatic carbocycles. The molecular formula is C17H28O5Si. The fraction of sp³-hybridized carbons (Fsp3) is 0.647. The van der Waals surface area contributed by atoms with Crippen molar-refractivity contribution in [3.63, 3.8) is 0 Å². The predicted octanol–water partition coefficient (Wildman–Crippen LogP) is 2.83. The third-order valence-corrected chi connectivity index (χ3v) is 7.29. The normalized spacial score (nSPS) is 22.3. The van der Waals surface area contributed by atoms with Crippen molar-refractivity contribution in [3.05, 3.63) is 23.8 Å². The summed E-state index contributed by atoms with van der Waals surface area (Å²) in [5.74, 6) is 0.602. The summed E-state index contributed by atoms with van der Waals surface area (Å²) in [4.78, 5) is 0. The number of ether oxygens (including phenoxy) is 2. The van der Waals surface area contributed by atoms with Crippen LogP contribution in [0, 0.1) is 5.92 Å². The van der Waals surface area contributed by atoms with Crippen LogP contribution in [0.2, 0.25) is 0 Å². The molecule has 0 N–H and O–H groups in total. The summed E-state index contributed by atoms with van der Waals surface area (Å²) in [7, 11) is 1.98. The van der Waals surface area contributed by atoms with E-state index in [9.17, 15) is 0 Å². The van der Waals surface area contributed by atoms with Crippen LogP contribution in [-0.2, 0) is 24.6 Å². The molecule has 0 aromatic heterocycles. The third-order valence-electron chi connectivity index (χ3n) is 4.66. The van der Waals surface area contributed by atoms with Gasteiger partial charge in [0.25, 0.3) is 0 Å². The number of rotatable bonds is 7. The predicted molar refractivity (Wildman–Crippen MR) is 90.8 cm³/mol. The van der Waals surface area contributed by atoms with Crippen LogP contribution in [-0.4, -0.2) is 35.9 Å². The van der Waals surface area contributed by atoms with Crippen molar-refractivity contribution in [3.8, 4) is 5.75 Å². The summed E-state index contributed by atoms with van der Waals surface area (Å²) in [6.45, 7) is 6.87. The molecule has 0 saturated heterocycles. The summed E-state index contributed by atoms with van der Waals surface area (Å²) < 4.78 is 28.8. The van der Waals surface area contributed by atoms with E-state index >= 15 is 0 Å². The lowest BCUT2D eigenvalue weighted by molar-refractivity contribution is -0.223. The Kier molecular flexibility index (Phi) is 5.86. The van der Waals surface area contributed by atoms with Crippen molar-refractivity contribution in [2.24, 2.45) is 5.92 Å². The number of hydrogen-bond acceptors (Lipinski definition) is 5. The summed E-state index contributed by atoms with van der Waals surface area (Å²) in [6, 6.07) is 5.92. The zero-order valence-electron chi connectivity index (χ0n) is 15.0. The molecule has 1 aromatic carbocycles. The van der Waals surface area contributed by atoms with Crippen LogP contribution in [0.3, 0.4) is 0 Å². The zero-order chi connectivity index (χ0) is 17.1. The Morgan fingerprint density at radius 2 is 1.87 bits per heavy atom. The van der Waals surface area contributed by atoms with E-state index in [2.05, 4.69) is 13.8 Å². The first-order chi connectivity index (χ1) is 10.9. The van der Waals surface area contributed by atoms with Gasteiger partial charge in [-0.1, -0.05) is 26.3 Å². The van der Waals surface area contributed by atoms with Crippen LogP contribution in [0.1, 0.15) is 39.2 Å². The highest BCUT2D eigenvalue weighted by Gasteiger charge is 2.43. The van der Waals surface area contributed by atoms with E-state index < -0.39 is 14.6 Å². The highest BCUT2D eigenvalue weighted by Crippen LogP contribution is 2.36. The maximum absolute atomic E-state index is 6.17. The van der Waals surface area contributed by atoms with Gasteiger partial charge < -0.3 is 22.8 Å². The molecule has 130 valence electrons. The average Bonchev–Trinajstić information content (AvgIpc) is 2.57. The Bertz CT molecular complexity index is 523. The highest BCUT2D eigenvalue weighted by atomic mass is 28.4. The monoisotopic (exact) mass is 340 g/mol. The molecule has 1 aliphatic rings. The van der Waals surface area contributed by atoms with Gasteiger partial charge in [-0.05, 0) is 18.6 Å². The fourth-order valence-corrected chi connectivity index (χ4v) is 4.84. The smallest absolute Gasteiger partial charge is 0.462 e. The van der Waals surface area contributed by atoms with E-state index in [0.717, 1.165) is 29.3 Å². The molecule has 6 heteroatoms. The Hall–Kier alpha value is -0.923. The van der Waals surface area contributed by atoms with E-state index in [-0.39, 0.29) is 0 Å². The molecule has 0 amide bonds. The van der Waals surface area contributed by atoms with Crippen LogP contribution in [0.4, 0.5) is 0 Å². The van der Waals surface area contributed by atoms with E-state index in [1.165, 1.54) is 0 Å². The Balaban J connectivity index is 2.28.